The van der Waals surface area contributed by atoms with E-state index in [-0.39, 0.29) is 5.95 Å². The second-order valence-electron chi connectivity index (χ2n) is 4.50. The van der Waals surface area contributed by atoms with Crippen LogP contribution in [0.25, 0.3) is 11.2 Å². The molecular formula is C13H15N7. The number of anilines is 2. The second kappa shape index (κ2) is 4.76. The van der Waals surface area contributed by atoms with E-state index in [1.54, 1.807) is 6.20 Å². The van der Waals surface area contributed by atoms with Crippen LogP contribution in [0.3, 0.4) is 0 Å². The number of aryl methyl sites for hydroxylation is 2. The maximum Gasteiger partial charge on any atom is 0.224 e. The SMILES string of the molecule is Cc1nc2c(NCc3ccccn3)nc(N)nc2n1C. The van der Waals surface area contributed by atoms with Crippen molar-refractivity contribution in [3.63, 3.8) is 0 Å². The van der Waals surface area contributed by atoms with Crippen molar-refractivity contribution in [2.24, 2.45) is 7.05 Å². The quantitative estimate of drug-likeness (QED) is 0.743. The number of imidazole rings is 1. The number of fused-ring (bicyclic) bond motifs is 1. The minimum Gasteiger partial charge on any atom is -0.368 e. The Bertz CT molecular complexity index is 748. The van der Waals surface area contributed by atoms with E-state index in [0.717, 1.165) is 22.7 Å². The third-order valence-corrected chi connectivity index (χ3v) is 3.12. The molecule has 0 amide bonds. The molecule has 0 fully saturated rings. The van der Waals surface area contributed by atoms with Gasteiger partial charge in [0.1, 0.15) is 5.82 Å². The Kier molecular flexibility index (Phi) is 2.94. The van der Waals surface area contributed by atoms with Crippen molar-refractivity contribution in [2.45, 2.75) is 13.5 Å². The Morgan fingerprint density at radius 1 is 1.25 bits per heavy atom. The van der Waals surface area contributed by atoms with Gasteiger partial charge in [0.05, 0.1) is 12.2 Å². The molecule has 0 aliphatic carbocycles. The van der Waals surface area contributed by atoms with Gasteiger partial charge >= 0.3 is 0 Å². The molecule has 0 aliphatic rings. The average molecular weight is 269 g/mol. The van der Waals surface area contributed by atoms with E-state index in [0.29, 0.717) is 12.4 Å². The monoisotopic (exact) mass is 269 g/mol. The minimum absolute atomic E-state index is 0.226. The molecule has 0 aromatic carbocycles. The number of hydrogen-bond acceptors (Lipinski definition) is 6. The zero-order valence-electron chi connectivity index (χ0n) is 11.3. The topological polar surface area (TPSA) is 94.5 Å². The highest BCUT2D eigenvalue weighted by molar-refractivity contribution is 5.84. The van der Waals surface area contributed by atoms with Crippen LogP contribution in [-0.2, 0) is 13.6 Å². The van der Waals surface area contributed by atoms with E-state index in [4.69, 9.17) is 5.73 Å². The van der Waals surface area contributed by atoms with E-state index < -0.39 is 0 Å². The number of aromatic nitrogens is 5. The summed E-state index contributed by atoms with van der Waals surface area (Å²) in [5, 5.41) is 3.22. The summed E-state index contributed by atoms with van der Waals surface area (Å²) in [6.07, 6.45) is 1.76. The molecule has 0 saturated carbocycles. The number of nitrogen functional groups attached to an aromatic ring is 1. The fourth-order valence-corrected chi connectivity index (χ4v) is 1.99. The molecule has 3 heterocycles. The molecule has 0 saturated heterocycles. The highest BCUT2D eigenvalue weighted by Crippen LogP contribution is 2.21. The van der Waals surface area contributed by atoms with Gasteiger partial charge in [-0.05, 0) is 19.1 Å². The molecular weight excluding hydrogens is 254 g/mol. The third kappa shape index (κ3) is 2.13. The molecule has 7 heteroatoms. The fourth-order valence-electron chi connectivity index (χ4n) is 1.99. The molecule has 0 atom stereocenters. The third-order valence-electron chi connectivity index (χ3n) is 3.12. The van der Waals surface area contributed by atoms with Crippen molar-refractivity contribution in [3.8, 4) is 0 Å². The zero-order valence-corrected chi connectivity index (χ0v) is 11.3. The van der Waals surface area contributed by atoms with E-state index >= 15 is 0 Å². The van der Waals surface area contributed by atoms with Crippen molar-refractivity contribution in [1.82, 2.24) is 24.5 Å². The Hall–Kier alpha value is -2.70. The van der Waals surface area contributed by atoms with Gasteiger partial charge in [0.2, 0.25) is 5.95 Å². The standard InChI is InChI=1S/C13H15N7/c1-8-17-10-11(16-7-9-5-3-4-6-15-9)18-13(14)19-12(10)20(8)2/h3-6H,7H2,1-2H3,(H3,14,16,18,19). The molecule has 0 unspecified atom stereocenters. The van der Waals surface area contributed by atoms with Crippen LogP contribution in [0.15, 0.2) is 24.4 Å². The first kappa shape index (κ1) is 12.3. The van der Waals surface area contributed by atoms with Crippen molar-refractivity contribution in [2.75, 3.05) is 11.1 Å². The van der Waals surface area contributed by atoms with Crippen LogP contribution in [0.4, 0.5) is 11.8 Å². The lowest BCUT2D eigenvalue weighted by Gasteiger charge is -2.06. The predicted octanol–water partition coefficient (Wildman–Crippen LogP) is 1.26. The first-order valence-corrected chi connectivity index (χ1v) is 6.25. The van der Waals surface area contributed by atoms with Gasteiger partial charge in [0.25, 0.3) is 0 Å². The van der Waals surface area contributed by atoms with E-state index in [1.807, 2.05) is 36.7 Å². The lowest BCUT2D eigenvalue weighted by molar-refractivity contribution is 0.873. The summed E-state index contributed by atoms with van der Waals surface area (Å²) in [6.45, 7) is 2.47. The number of rotatable bonds is 3. The van der Waals surface area contributed by atoms with Crippen molar-refractivity contribution >= 4 is 22.9 Å². The van der Waals surface area contributed by atoms with Crippen LogP contribution in [0.1, 0.15) is 11.5 Å². The van der Waals surface area contributed by atoms with E-state index in [9.17, 15) is 0 Å². The summed E-state index contributed by atoms with van der Waals surface area (Å²) in [6, 6.07) is 5.77. The number of nitrogens with zero attached hydrogens (tertiary/aromatic N) is 5. The molecule has 0 radical (unpaired) electrons. The van der Waals surface area contributed by atoms with Gasteiger partial charge in [-0.3, -0.25) is 4.98 Å². The lowest BCUT2D eigenvalue weighted by atomic mass is 10.3. The van der Waals surface area contributed by atoms with Gasteiger partial charge in [0, 0.05) is 13.2 Å². The smallest absolute Gasteiger partial charge is 0.224 e. The van der Waals surface area contributed by atoms with Crippen molar-refractivity contribution in [3.05, 3.63) is 35.9 Å². The summed E-state index contributed by atoms with van der Waals surface area (Å²) in [5.41, 5.74) is 8.11. The summed E-state index contributed by atoms with van der Waals surface area (Å²) >= 11 is 0. The van der Waals surface area contributed by atoms with Crippen LogP contribution >= 0.6 is 0 Å². The van der Waals surface area contributed by atoms with E-state index in [2.05, 4.69) is 25.3 Å². The number of nitrogens with one attached hydrogen (secondary N) is 1. The van der Waals surface area contributed by atoms with E-state index in [1.165, 1.54) is 0 Å². The molecule has 3 aromatic rings. The largest absolute Gasteiger partial charge is 0.368 e. The number of hydrogen-bond donors (Lipinski definition) is 2. The van der Waals surface area contributed by atoms with Crippen molar-refractivity contribution < 1.29 is 0 Å². The summed E-state index contributed by atoms with van der Waals surface area (Å²) in [7, 11) is 1.90. The fraction of sp³-hybridized carbons (Fsp3) is 0.231. The molecule has 102 valence electrons. The van der Waals surface area contributed by atoms with Crippen LogP contribution in [0, 0.1) is 6.92 Å². The highest BCUT2D eigenvalue weighted by Gasteiger charge is 2.13. The molecule has 0 aliphatic heterocycles. The average Bonchev–Trinajstić information content (AvgIpc) is 2.74. The van der Waals surface area contributed by atoms with Gasteiger partial charge in [0.15, 0.2) is 17.0 Å². The van der Waals surface area contributed by atoms with Gasteiger partial charge < -0.3 is 15.6 Å². The summed E-state index contributed by atoms with van der Waals surface area (Å²) < 4.78 is 1.89. The number of pyridine rings is 1. The summed E-state index contributed by atoms with van der Waals surface area (Å²) in [5.74, 6) is 1.71. The highest BCUT2D eigenvalue weighted by atomic mass is 15.2. The lowest BCUT2D eigenvalue weighted by Crippen LogP contribution is -2.06. The maximum absolute atomic E-state index is 5.75. The summed E-state index contributed by atoms with van der Waals surface area (Å²) in [4.78, 5) is 17.2. The maximum atomic E-state index is 5.75. The minimum atomic E-state index is 0.226. The second-order valence-corrected chi connectivity index (χ2v) is 4.50. The van der Waals surface area contributed by atoms with Gasteiger partial charge in [-0.2, -0.15) is 9.97 Å². The van der Waals surface area contributed by atoms with Crippen LogP contribution in [0.2, 0.25) is 0 Å². The molecule has 0 bridgehead atoms. The molecule has 20 heavy (non-hydrogen) atoms. The molecule has 3 rings (SSSR count). The first-order valence-electron chi connectivity index (χ1n) is 6.25. The van der Waals surface area contributed by atoms with Crippen LogP contribution in [0.5, 0.6) is 0 Å². The zero-order chi connectivity index (χ0) is 14.1. The number of nitrogens with two attached hydrogens (primary N) is 1. The Morgan fingerprint density at radius 2 is 2.10 bits per heavy atom. The van der Waals surface area contributed by atoms with Crippen LogP contribution < -0.4 is 11.1 Å². The van der Waals surface area contributed by atoms with Crippen LogP contribution in [-0.4, -0.2) is 24.5 Å². The van der Waals surface area contributed by atoms with Gasteiger partial charge in [-0.25, -0.2) is 4.98 Å². The normalized spacial score (nSPS) is 10.9. The molecule has 3 aromatic heterocycles. The molecule has 7 nitrogen and oxygen atoms in total. The Morgan fingerprint density at radius 3 is 2.85 bits per heavy atom. The Labute approximate surface area is 115 Å². The molecule has 0 spiro atoms. The molecule has 3 N–H and O–H groups in total. The predicted molar refractivity (Wildman–Crippen MR) is 77.0 cm³/mol. The van der Waals surface area contributed by atoms with Gasteiger partial charge in [-0.15, -0.1) is 0 Å². The van der Waals surface area contributed by atoms with Crippen molar-refractivity contribution in [1.29, 1.82) is 0 Å². The Balaban J connectivity index is 1.97. The van der Waals surface area contributed by atoms with Gasteiger partial charge in [-0.1, -0.05) is 6.07 Å². The first-order chi connectivity index (χ1) is 9.65.